The van der Waals surface area contributed by atoms with Crippen molar-refractivity contribution in [2.24, 2.45) is 0 Å². The van der Waals surface area contributed by atoms with Crippen LogP contribution in [-0.4, -0.2) is 15.0 Å². The first-order valence-electron chi connectivity index (χ1n) is 10.6. The molecule has 0 N–H and O–H groups in total. The molecule has 4 nitrogen and oxygen atoms in total. The molecule has 0 spiro atoms. The van der Waals surface area contributed by atoms with E-state index in [9.17, 15) is 0 Å². The zero-order valence-corrected chi connectivity index (χ0v) is 22.2. The number of hydrogen-bond acceptors (Lipinski definition) is 4. The third kappa shape index (κ3) is 4.46. The van der Waals surface area contributed by atoms with Crippen molar-refractivity contribution in [2.45, 2.75) is 0 Å². The van der Waals surface area contributed by atoms with E-state index in [1.807, 2.05) is 103 Å². The maximum absolute atomic E-state index is 6.06. The summed E-state index contributed by atoms with van der Waals surface area (Å²) in [7, 11) is 0. The van der Waals surface area contributed by atoms with Crippen LogP contribution in [0, 0.1) is 43.2 Å². The average molecular weight is 662 g/mol. The van der Waals surface area contributed by atoms with Gasteiger partial charge < -0.3 is 4.42 Å². The molecule has 6 rings (SSSR count). The van der Waals surface area contributed by atoms with Crippen LogP contribution in [0.4, 0.5) is 0 Å². The minimum Gasteiger partial charge on any atom is -0.453 e. The van der Waals surface area contributed by atoms with Gasteiger partial charge in [-0.05, 0) is 12.1 Å². The summed E-state index contributed by atoms with van der Waals surface area (Å²) >= 11 is 0. The minimum atomic E-state index is 0. The van der Waals surface area contributed by atoms with Gasteiger partial charge in [0.15, 0.2) is 17.4 Å². The fourth-order valence-electron chi connectivity index (χ4n) is 3.75. The quantitative estimate of drug-likeness (QED) is 0.193. The maximum atomic E-state index is 6.06. The molecule has 0 radical (unpaired) electrons. The summed E-state index contributed by atoms with van der Waals surface area (Å²) in [5.41, 5.74) is 4.48. The van der Waals surface area contributed by atoms with Crippen molar-refractivity contribution < 1.29 is 35.5 Å². The van der Waals surface area contributed by atoms with Gasteiger partial charge in [0.05, 0.1) is 0 Å². The second-order valence-electron chi connectivity index (χ2n) is 7.59. The Morgan fingerprint density at radius 2 is 1.26 bits per heavy atom. The standard InChI is InChI=1S/C29H17N3O.U/c1-3-10-20(11-4-1)22-15-9-16-24(18-22)28-30-27(21-12-5-2-6-13-21)31-29(32-28)26-19-23-14-7-8-17-25(23)33-26;/h1-10,12-14,16-19H;/q-2;+2. The molecule has 2 heterocycles. The fourth-order valence-corrected chi connectivity index (χ4v) is 3.75. The van der Waals surface area contributed by atoms with Crippen molar-refractivity contribution in [3.8, 4) is 45.5 Å². The number of para-hydroxylation sites is 1. The predicted molar refractivity (Wildman–Crippen MR) is 129 cm³/mol. The molecular formula is C29H17N3OU. The van der Waals surface area contributed by atoms with Gasteiger partial charge in [-0.1, -0.05) is 54.1 Å². The second-order valence-corrected chi connectivity index (χ2v) is 7.59. The first kappa shape index (κ1) is 22.3. The molecule has 158 valence electrons. The largest absolute Gasteiger partial charge is 2.00 e. The minimum absolute atomic E-state index is 0. The molecule has 0 saturated heterocycles. The zero-order chi connectivity index (χ0) is 22.0. The normalized spacial score (nSPS) is 10.7. The van der Waals surface area contributed by atoms with Crippen LogP contribution in [0.3, 0.4) is 0 Å². The van der Waals surface area contributed by atoms with Crippen molar-refractivity contribution in [3.63, 3.8) is 0 Å². The van der Waals surface area contributed by atoms with Gasteiger partial charge in [0.2, 0.25) is 0 Å². The number of furan rings is 1. The topological polar surface area (TPSA) is 51.8 Å². The molecule has 4 aromatic carbocycles. The molecule has 0 unspecified atom stereocenters. The first-order chi connectivity index (χ1) is 16.3. The Bertz CT molecular complexity index is 1530. The third-order valence-electron chi connectivity index (χ3n) is 5.37. The zero-order valence-electron chi connectivity index (χ0n) is 18.1. The Balaban J connectivity index is 0.00000241. The van der Waals surface area contributed by atoms with Crippen LogP contribution < -0.4 is 0 Å². The first-order valence-corrected chi connectivity index (χ1v) is 10.6. The van der Waals surface area contributed by atoms with E-state index in [1.165, 1.54) is 0 Å². The number of fused-ring (bicyclic) bond motifs is 1. The van der Waals surface area contributed by atoms with Gasteiger partial charge in [0.1, 0.15) is 11.4 Å². The molecule has 0 bridgehead atoms. The van der Waals surface area contributed by atoms with Crippen molar-refractivity contribution in [3.05, 3.63) is 115 Å². The van der Waals surface area contributed by atoms with Gasteiger partial charge in [-0.15, -0.1) is 12.1 Å². The smallest absolute Gasteiger partial charge is 0.453 e. The van der Waals surface area contributed by atoms with Gasteiger partial charge in [-0.2, -0.15) is 42.5 Å². The van der Waals surface area contributed by atoms with Crippen LogP contribution in [0.2, 0.25) is 0 Å². The monoisotopic (exact) mass is 661 g/mol. The molecule has 5 heteroatoms. The van der Waals surface area contributed by atoms with Crippen LogP contribution in [-0.2, 0) is 0 Å². The molecule has 2 aromatic heterocycles. The molecule has 34 heavy (non-hydrogen) atoms. The Kier molecular flexibility index (Phi) is 6.40. The van der Waals surface area contributed by atoms with Crippen molar-refractivity contribution in [1.82, 2.24) is 15.0 Å². The summed E-state index contributed by atoms with van der Waals surface area (Å²) in [6.45, 7) is 0. The Morgan fingerprint density at radius 3 is 2.06 bits per heavy atom. The average Bonchev–Trinajstić information content (AvgIpc) is 3.34. The summed E-state index contributed by atoms with van der Waals surface area (Å²) in [6.07, 6.45) is 0. The molecule has 0 amide bonds. The van der Waals surface area contributed by atoms with Crippen molar-refractivity contribution >= 4 is 11.0 Å². The number of hydrogen-bond donors (Lipinski definition) is 0. The van der Waals surface area contributed by atoms with E-state index in [0.717, 1.165) is 33.2 Å². The molecule has 0 aliphatic rings. The van der Waals surface area contributed by atoms with E-state index in [2.05, 4.69) is 12.1 Å². The van der Waals surface area contributed by atoms with Gasteiger partial charge in [0.25, 0.3) is 0 Å². The molecule has 0 saturated carbocycles. The molecule has 6 aromatic rings. The van der Waals surface area contributed by atoms with E-state index >= 15 is 0 Å². The molecule has 0 atom stereocenters. The summed E-state index contributed by atoms with van der Waals surface area (Å²) in [5.74, 6) is 2.27. The predicted octanol–water partition coefficient (Wildman–Crippen LogP) is 6.89. The van der Waals surface area contributed by atoms with Crippen LogP contribution >= 0.6 is 0 Å². The van der Waals surface area contributed by atoms with Crippen molar-refractivity contribution in [1.29, 1.82) is 0 Å². The Labute approximate surface area is 221 Å². The van der Waals surface area contributed by atoms with Gasteiger partial charge >= 0.3 is 31.1 Å². The van der Waals surface area contributed by atoms with Gasteiger partial charge in [-0.3, -0.25) is 0 Å². The number of benzene rings is 4. The molecular weight excluding hydrogens is 644 g/mol. The van der Waals surface area contributed by atoms with Crippen molar-refractivity contribution in [2.75, 3.05) is 0 Å². The Hall–Kier alpha value is -3.52. The maximum Gasteiger partial charge on any atom is 2.00 e. The summed E-state index contributed by atoms with van der Waals surface area (Å²) in [4.78, 5) is 14.3. The summed E-state index contributed by atoms with van der Waals surface area (Å²) in [5, 5.41) is 1.01. The van der Waals surface area contributed by atoms with E-state index in [0.29, 0.717) is 23.2 Å². The van der Waals surface area contributed by atoms with E-state index in [-0.39, 0.29) is 31.1 Å². The third-order valence-corrected chi connectivity index (χ3v) is 5.37. The molecule has 0 aliphatic carbocycles. The molecule has 0 aliphatic heterocycles. The molecule has 0 fully saturated rings. The van der Waals surface area contributed by atoms with Crippen LogP contribution in [0.15, 0.2) is 108 Å². The second kappa shape index (κ2) is 9.77. The summed E-state index contributed by atoms with van der Waals surface area (Å²) in [6, 6.07) is 40.0. The van der Waals surface area contributed by atoms with Crippen LogP contribution in [0.5, 0.6) is 0 Å². The van der Waals surface area contributed by atoms with Crippen LogP contribution in [0.1, 0.15) is 0 Å². The Morgan fingerprint density at radius 1 is 0.559 bits per heavy atom. The van der Waals surface area contributed by atoms with E-state index < -0.39 is 0 Å². The van der Waals surface area contributed by atoms with Gasteiger partial charge in [0, 0.05) is 10.9 Å². The van der Waals surface area contributed by atoms with Crippen LogP contribution in [0.25, 0.3) is 56.5 Å². The van der Waals surface area contributed by atoms with E-state index in [1.54, 1.807) is 0 Å². The SMILES string of the molecule is [U+2].[c-]1ccccc1-c1[c-]ccc(-c2nc(-c3ccccc3)nc(-c3cc4ccccc4o3)n2)c1. The fraction of sp³-hybridized carbons (Fsp3) is 0. The van der Waals surface area contributed by atoms with Gasteiger partial charge in [-0.25, -0.2) is 26.1 Å². The number of rotatable bonds is 4. The number of nitrogens with zero attached hydrogens (tertiary/aromatic N) is 3. The number of aromatic nitrogens is 3. The summed E-state index contributed by atoms with van der Waals surface area (Å²) < 4.78 is 6.06. The van der Waals surface area contributed by atoms with E-state index in [4.69, 9.17) is 19.4 Å².